The molecule has 3 aromatic carbocycles. The second kappa shape index (κ2) is 7.75. The minimum absolute atomic E-state index is 0.132. The summed E-state index contributed by atoms with van der Waals surface area (Å²) >= 11 is 0. The second-order valence-corrected chi connectivity index (χ2v) is 7.07. The van der Waals surface area contributed by atoms with Gasteiger partial charge in [0.1, 0.15) is 5.75 Å². The molecule has 1 aromatic heterocycles. The van der Waals surface area contributed by atoms with Crippen molar-refractivity contribution in [3.63, 3.8) is 0 Å². The summed E-state index contributed by atoms with van der Waals surface area (Å²) < 4.78 is 7.16. The number of carbonyl (C=O) groups is 1. The highest BCUT2D eigenvalue weighted by atomic mass is 16.5. The molecule has 152 valence electrons. The van der Waals surface area contributed by atoms with Gasteiger partial charge >= 0.3 is 0 Å². The Morgan fingerprint density at radius 3 is 2.60 bits per heavy atom. The first-order chi connectivity index (χ1) is 14.5. The topological polar surface area (TPSA) is 135 Å². The number of nitrogens with zero attached hydrogens (tertiary/aromatic N) is 3. The normalized spacial score (nSPS) is 11.0. The van der Waals surface area contributed by atoms with E-state index in [1.54, 1.807) is 4.68 Å². The zero-order valence-corrected chi connectivity index (χ0v) is 16.5. The highest BCUT2D eigenvalue weighted by Gasteiger charge is 2.19. The van der Waals surface area contributed by atoms with Crippen LogP contribution in [0, 0.1) is 0 Å². The van der Waals surface area contributed by atoms with Crippen LogP contribution in [0.25, 0.3) is 10.8 Å². The molecule has 8 heteroatoms. The predicted molar refractivity (Wildman–Crippen MR) is 116 cm³/mol. The molecule has 0 aliphatic carbocycles. The Labute approximate surface area is 173 Å². The molecule has 8 nitrogen and oxygen atoms in total. The van der Waals surface area contributed by atoms with E-state index in [9.17, 15) is 4.79 Å². The monoisotopic (exact) mass is 402 g/mol. The fourth-order valence-electron chi connectivity index (χ4n) is 3.56. The number of primary amides is 1. The van der Waals surface area contributed by atoms with Crippen molar-refractivity contribution in [1.82, 2.24) is 15.0 Å². The molecule has 4 aromatic rings. The lowest BCUT2D eigenvalue weighted by molar-refractivity contribution is 0.100. The van der Waals surface area contributed by atoms with Gasteiger partial charge in [-0.1, -0.05) is 41.6 Å². The van der Waals surface area contributed by atoms with Crippen LogP contribution in [0.4, 0.5) is 11.4 Å². The van der Waals surface area contributed by atoms with Crippen LogP contribution >= 0.6 is 0 Å². The molecule has 0 spiro atoms. The standard InChI is InChI=1S/C22H22N6O2/c1-30-21-17(19(23)10-18(20(21)24)22(25)29)9-16-12-28(27-26-16)11-13-6-7-14-4-2-3-5-15(14)8-13/h2-8,10,12H,9,11,23-24H2,1H3,(H2,25,29). The van der Waals surface area contributed by atoms with Gasteiger partial charge in [-0.05, 0) is 28.5 Å². The number of methoxy groups -OCH3 is 1. The molecule has 0 aliphatic rings. The van der Waals surface area contributed by atoms with Gasteiger partial charge in [-0.15, -0.1) is 5.10 Å². The summed E-state index contributed by atoms with van der Waals surface area (Å²) in [6.07, 6.45) is 2.21. The van der Waals surface area contributed by atoms with E-state index in [4.69, 9.17) is 21.9 Å². The Morgan fingerprint density at radius 1 is 1.10 bits per heavy atom. The molecule has 1 heterocycles. The molecule has 0 atom stereocenters. The predicted octanol–water partition coefficient (Wildman–Crippen LogP) is 2.34. The third-order valence-electron chi connectivity index (χ3n) is 5.03. The maximum absolute atomic E-state index is 11.6. The van der Waals surface area contributed by atoms with Crippen molar-refractivity contribution in [1.29, 1.82) is 0 Å². The van der Waals surface area contributed by atoms with Crippen LogP contribution in [-0.2, 0) is 13.0 Å². The number of rotatable bonds is 6. The summed E-state index contributed by atoms with van der Waals surface area (Å²) in [5, 5.41) is 10.8. The lowest BCUT2D eigenvalue weighted by Crippen LogP contribution is -2.16. The molecule has 0 unspecified atom stereocenters. The number of ether oxygens (including phenoxy) is 1. The van der Waals surface area contributed by atoms with Crippen LogP contribution < -0.4 is 21.9 Å². The van der Waals surface area contributed by atoms with Gasteiger partial charge in [-0.2, -0.15) is 0 Å². The van der Waals surface area contributed by atoms with E-state index < -0.39 is 5.91 Å². The van der Waals surface area contributed by atoms with Crippen LogP contribution in [0.3, 0.4) is 0 Å². The minimum atomic E-state index is -0.662. The lowest BCUT2D eigenvalue weighted by Gasteiger charge is -2.15. The summed E-state index contributed by atoms with van der Waals surface area (Å²) in [5.41, 5.74) is 20.7. The summed E-state index contributed by atoms with van der Waals surface area (Å²) in [5.74, 6) is -0.335. The van der Waals surface area contributed by atoms with E-state index >= 15 is 0 Å². The number of nitrogen functional groups attached to an aromatic ring is 2. The first-order valence-electron chi connectivity index (χ1n) is 9.37. The van der Waals surface area contributed by atoms with E-state index in [2.05, 4.69) is 40.6 Å². The van der Waals surface area contributed by atoms with Crippen molar-refractivity contribution in [3.8, 4) is 5.75 Å². The van der Waals surface area contributed by atoms with Gasteiger partial charge < -0.3 is 21.9 Å². The Hall–Kier alpha value is -4.07. The molecule has 0 fully saturated rings. The Kier molecular flexibility index (Phi) is 4.97. The number of amides is 1. The van der Waals surface area contributed by atoms with Crippen LogP contribution in [0.2, 0.25) is 0 Å². The summed E-state index contributed by atoms with van der Waals surface area (Å²) in [7, 11) is 1.47. The molecule has 0 bridgehead atoms. The number of aromatic nitrogens is 3. The van der Waals surface area contributed by atoms with Crippen LogP contribution in [0.15, 0.2) is 54.7 Å². The molecule has 6 N–H and O–H groups in total. The fourth-order valence-corrected chi connectivity index (χ4v) is 3.56. The van der Waals surface area contributed by atoms with Crippen molar-refractivity contribution in [2.24, 2.45) is 5.73 Å². The summed E-state index contributed by atoms with van der Waals surface area (Å²) in [6.45, 7) is 0.590. The number of anilines is 2. The molecule has 30 heavy (non-hydrogen) atoms. The minimum Gasteiger partial charge on any atom is -0.494 e. The van der Waals surface area contributed by atoms with Crippen LogP contribution in [0.5, 0.6) is 5.75 Å². The van der Waals surface area contributed by atoms with E-state index in [1.165, 1.54) is 23.9 Å². The van der Waals surface area contributed by atoms with Gasteiger partial charge in [0.2, 0.25) is 0 Å². The van der Waals surface area contributed by atoms with Crippen molar-refractivity contribution in [2.75, 3.05) is 18.6 Å². The van der Waals surface area contributed by atoms with Gasteiger partial charge in [-0.3, -0.25) is 4.79 Å². The highest BCUT2D eigenvalue weighted by Crippen LogP contribution is 2.35. The lowest BCUT2D eigenvalue weighted by atomic mass is 10.0. The smallest absolute Gasteiger partial charge is 0.251 e. The quantitative estimate of drug-likeness (QED) is 0.424. The largest absolute Gasteiger partial charge is 0.494 e. The van der Waals surface area contributed by atoms with E-state index in [0.29, 0.717) is 35.7 Å². The molecule has 0 aliphatic heterocycles. The Balaban J connectivity index is 1.59. The second-order valence-electron chi connectivity index (χ2n) is 7.07. The first kappa shape index (κ1) is 19.3. The average molecular weight is 402 g/mol. The Bertz CT molecular complexity index is 1250. The maximum atomic E-state index is 11.6. The van der Waals surface area contributed by atoms with Crippen molar-refractivity contribution >= 4 is 28.1 Å². The van der Waals surface area contributed by atoms with Crippen molar-refractivity contribution < 1.29 is 9.53 Å². The van der Waals surface area contributed by atoms with E-state index in [1.807, 2.05) is 18.3 Å². The van der Waals surface area contributed by atoms with Gasteiger partial charge in [0.05, 0.1) is 30.6 Å². The average Bonchev–Trinajstić information content (AvgIpc) is 3.17. The molecule has 0 saturated heterocycles. The summed E-state index contributed by atoms with van der Waals surface area (Å²) in [6, 6.07) is 16.0. The number of benzene rings is 3. The molecule has 1 amide bonds. The fraction of sp³-hybridized carbons (Fsp3) is 0.136. The van der Waals surface area contributed by atoms with Crippen molar-refractivity contribution in [2.45, 2.75) is 13.0 Å². The third kappa shape index (κ3) is 3.62. The molecule has 4 rings (SSSR count). The summed E-state index contributed by atoms with van der Waals surface area (Å²) in [4.78, 5) is 11.6. The number of nitrogens with two attached hydrogens (primary N) is 3. The first-order valence-corrected chi connectivity index (χ1v) is 9.37. The molecular weight excluding hydrogens is 380 g/mol. The number of hydrogen-bond donors (Lipinski definition) is 3. The molecule has 0 saturated carbocycles. The van der Waals surface area contributed by atoms with Crippen molar-refractivity contribution in [3.05, 3.63) is 77.1 Å². The number of hydrogen-bond acceptors (Lipinski definition) is 6. The van der Waals surface area contributed by atoms with Gasteiger partial charge in [0, 0.05) is 23.9 Å². The number of carbonyl (C=O) groups excluding carboxylic acids is 1. The molecular formula is C22H22N6O2. The highest BCUT2D eigenvalue weighted by molar-refractivity contribution is 6.01. The van der Waals surface area contributed by atoms with Crippen LogP contribution in [0.1, 0.15) is 27.2 Å². The zero-order valence-electron chi connectivity index (χ0n) is 16.5. The molecule has 0 radical (unpaired) electrons. The zero-order chi connectivity index (χ0) is 21.3. The Morgan fingerprint density at radius 2 is 1.87 bits per heavy atom. The SMILES string of the molecule is COc1c(N)c(C(N)=O)cc(N)c1Cc1cn(Cc2ccc3ccccc3c2)nn1. The van der Waals surface area contributed by atoms with Gasteiger partial charge in [-0.25, -0.2) is 4.68 Å². The third-order valence-corrected chi connectivity index (χ3v) is 5.03. The van der Waals surface area contributed by atoms with Gasteiger partial charge in [0.15, 0.2) is 0 Å². The van der Waals surface area contributed by atoms with E-state index in [0.717, 1.165) is 5.56 Å². The van der Waals surface area contributed by atoms with Crippen LogP contribution in [-0.4, -0.2) is 28.0 Å². The van der Waals surface area contributed by atoms with Gasteiger partial charge in [0.25, 0.3) is 5.91 Å². The maximum Gasteiger partial charge on any atom is 0.251 e. The number of fused-ring (bicyclic) bond motifs is 1. The van der Waals surface area contributed by atoms with E-state index in [-0.39, 0.29) is 11.3 Å².